The van der Waals surface area contributed by atoms with Crippen molar-refractivity contribution >= 4 is 17.5 Å². The summed E-state index contributed by atoms with van der Waals surface area (Å²) in [7, 11) is 0. The Hall–Kier alpha value is -1.39. The van der Waals surface area contributed by atoms with Crippen LogP contribution in [0.15, 0.2) is 0 Å². The minimum absolute atomic E-state index is 0.127. The van der Waals surface area contributed by atoms with E-state index in [-0.39, 0.29) is 30.1 Å². The molecule has 9 N–H and O–H groups in total. The highest BCUT2D eigenvalue weighted by Gasteiger charge is 2.18. The third-order valence-electron chi connectivity index (χ3n) is 6.00. The lowest BCUT2D eigenvalue weighted by Gasteiger charge is -2.19. The van der Waals surface area contributed by atoms with Crippen molar-refractivity contribution in [3.63, 3.8) is 0 Å². The van der Waals surface area contributed by atoms with E-state index in [9.17, 15) is 14.4 Å². The number of carbonyl (C=O) groups excluding carboxylic acids is 2. The molecule has 2 atom stereocenters. The first-order valence-electron chi connectivity index (χ1n) is 13.3. The van der Waals surface area contributed by atoms with Gasteiger partial charge in [-0.1, -0.05) is 19.3 Å². The maximum absolute atomic E-state index is 12.7. The number of unbranched alkanes of at least 4 members (excludes halogenated alkanes) is 5. The molecule has 0 aromatic rings. The van der Waals surface area contributed by atoms with E-state index in [1.807, 2.05) is 0 Å². The van der Waals surface area contributed by atoms with Crippen LogP contribution in [0.1, 0.15) is 96.3 Å². The maximum Gasteiger partial charge on any atom is 0.303 e. The van der Waals surface area contributed by atoms with E-state index < -0.39 is 5.97 Å². The minimum atomic E-state index is -0.792. The highest BCUT2D eigenvalue weighted by atomic mass is 16.4. The maximum atomic E-state index is 12.7. The van der Waals surface area contributed by atoms with Crippen LogP contribution in [-0.2, 0) is 14.4 Å². The van der Waals surface area contributed by atoms with Gasteiger partial charge in [0.15, 0.2) is 0 Å². The Labute approximate surface area is 206 Å². The number of nitrogens with one attached hydrogen (secondary N) is 2. The van der Waals surface area contributed by atoms with E-state index in [0.717, 1.165) is 77.2 Å². The molecule has 0 radical (unpaired) electrons. The number of rotatable bonds is 26. The fourth-order valence-corrected chi connectivity index (χ4v) is 3.92. The van der Waals surface area contributed by atoms with Gasteiger partial charge < -0.3 is 32.9 Å². The molecule has 0 aliphatic heterocycles. The van der Waals surface area contributed by atoms with Gasteiger partial charge in [0.2, 0.25) is 0 Å². The summed E-state index contributed by atoms with van der Waals surface area (Å²) in [6.45, 7) is 3.31. The van der Waals surface area contributed by atoms with Gasteiger partial charge in [-0.25, -0.2) is 0 Å². The molecule has 0 amide bonds. The number of carboxylic acid groups (broad SMARTS) is 1. The van der Waals surface area contributed by atoms with Gasteiger partial charge in [0, 0.05) is 19.3 Å². The van der Waals surface area contributed by atoms with Crippen LogP contribution in [0, 0.1) is 0 Å². The highest BCUT2D eigenvalue weighted by molar-refractivity contribution is 5.84. The summed E-state index contributed by atoms with van der Waals surface area (Å²) in [5.74, 6) is -0.363. The van der Waals surface area contributed by atoms with Gasteiger partial charge in [-0.2, -0.15) is 0 Å². The Balaban J connectivity index is 4.36. The minimum Gasteiger partial charge on any atom is -0.481 e. The molecule has 0 aromatic heterocycles. The number of aliphatic carboxylic acids is 1. The third kappa shape index (κ3) is 19.0. The zero-order chi connectivity index (χ0) is 25.4. The van der Waals surface area contributed by atoms with Crippen LogP contribution in [0.3, 0.4) is 0 Å². The van der Waals surface area contributed by atoms with E-state index in [0.29, 0.717) is 45.4 Å². The molecule has 34 heavy (non-hydrogen) atoms. The second-order valence-corrected chi connectivity index (χ2v) is 9.07. The molecule has 0 saturated heterocycles. The van der Waals surface area contributed by atoms with E-state index >= 15 is 0 Å². The molecule has 9 heteroatoms. The van der Waals surface area contributed by atoms with E-state index in [2.05, 4.69) is 10.6 Å². The molecular formula is C25H51N5O4. The summed E-state index contributed by atoms with van der Waals surface area (Å²) in [6, 6.07) is -0.318. The predicted octanol–water partition coefficient (Wildman–Crippen LogP) is 1.85. The second kappa shape index (κ2) is 23.4. The smallest absolute Gasteiger partial charge is 0.303 e. The molecule has 0 saturated carbocycles. The molecule has 0 spiro atoms. The average Bonchev–Trinajstić information content (AvgIpc) is 2.81. The Kier molecular flexibility index (Phi) is 22.4. The van der Waals surface area contributed by atoms with Crippen molar-refractivity contribution in [3.8, 4) is 0 Å². The zero-order valence-corrected chi connectivity index (χ0v) is 21.2. The van der Waals surface area contributed by atoms with E-state index in [1.165, 1.54) is 0 Å². The zero-order valence-electron chi connectivity index (χ0n) is 21.2. The Morgan fingerprint density at radius 3 is 1.47 bits per heavy atom. The van der Waals surface area contributed by atoms with Crippen LogP contribution in [0.4, 0.5) is 0 Å². The van der Waals surface area contributed by atoms with Crippen molar-refractivity contribution in [2.45, 2.75) is 108 Å². The first-order chi connectivity index (χ1) is 16.5. The average molecular weight is 486 g/mol. The van der Waals surface area contributed by atoms with Crippen LogP contribution in [-0.4, -0.2) is 67.4 Å². The van der Waals surface area contributed by atoms with Crippen molar-refractivity contribution < 1.29 is 19.5 Å². The molecule has 0 bridgehead atoms. The molecule has 200 valence electrons. The predicted molar refractivity (Wildman–Crippen MR) is 138 cm³/mol. The molecule has 9 nitrogen and oxygen atoms in total. The summed E-state index contributed by atoms with van der Waals surface area (Å²) in [4.78, 5) is 35.9. The topological polar surface area (TPSA) is 174 Å². The van der Waals surface area contributed by atoms with Crippen molar-refractivity contribution in [3.05, 3.63) is 0 Å². The Morgan fingerprint density at radius 2 is 1.00 bits per heavy atom. The van der Waals surface area contributed by atoms with Gasteiger partial charge in [-0.05, 0) is 90.5 Å². The number of nitrogens with two attached hydrogens (primary N) is 3. The fourth-order valence-electron chi connectivity index (χ4n) is 3.92. The Bertz CT molecular complexity index is 523. The number of carbonyl (C=O) groups is 3. The van der Waals surface area contributed by atoms with Crippen LogP contribution in [0.2, 0.25) is 0 Å². The van der Waals surface area contributed by atoms with Crippen LogP contribution >= 0.6 is 0 Å². The first kappa shape index (κ1) is 32.6. The van der Waals surface area contributed by atoms with Crippen LogP contribution in [0.25, 0.3) is 0 Å². The SMILES string of the molecule is NCCCC[C@H](NCCCN)C(=O)CCCCN[C@@H](CCCCN)C(=O)CCCCCC(=O)O. The number of hydrogen-bond acceptors (Lipinski definition) is 8. The molecule has 0 unspecified atom stereocenters. The fraction of sp³-hybridized carbons (Fsp3) is 0.880. The Morgan fingerprint density at radius 1 is 0.559 bits per heavy atom. The van der Waals surface area contributed by atoms with Gasteiger partial charge in [0.05, 0.1) is 12.1 Å². The largest absolute Gasteiger partial charge is 0.481 e. The van der Waals surface area contributed by atoms with Crippen molar-refractivity contribution in [2.75, 3.05) is 32.7 Å². The molecule has 0 aliphatic rings. The number of Topliss-reactive ketones (excluding diaryl/α,β-unsaturated/α-hetero) is 2. The summed E-state index contributed by atoms with van der Waals surface area (Å²) in [5, 5.41) is 15.4. The quantitative estimate of drug-likeness (QED) is 0.0999. The first-order valence-corrected chi connectivity index (χ1v) is 13.3. The van der Waals surface area contributed by atoms with Gasteiger partial charge in [-0.15, -0.1) is 0 Å². The second-order valence-electron chi connectivity index (χ2n) is 9.07. The van der Waals surface area contributed by atoms with Crippen LogP contribution in [0.5, 0.6) is 0 Å². The van der Waals surface area contributed by atoms with Gasteiger partial charge in [-0.3, -0.25) is 14.4 Å². The van der Waals surface area contributed by atoms with Gasteiger partial charge in [0.25, 0.3) is 0 Å². The summed E-state index contributed by atoms with van der Waals surface area (Å²) < 4.78 is 0. The number of carboxylic acids is 1. The van der Waals surface area contributed by atoms with Gasteiger partial charge in [0.1, 0.15) is 11.6 Å². The summed E-state index contributed by atoms with van der Waals surface area (Å²) in [5.41, 5.74) is 16.7. The van der Waals surface area contributed by atoms with Crippen molar-refractivity contribution in [1.29, 1.82) is 0 Å². The highest BCUT2D eigenvalue weighted by Crippen LogP contribution is 2.11. The summed E-state index contributed by atoms with van der Waals surface area (Å²) >= 11 is 0. The monoisotopic (exact) mass is 485 g/mol. The van der Waals surface area contributed by atoms with Crippen LogP contribution < -0.4 is 27.8 Å². The normalized spacial score (nSPS) is 13.0. The number of ketones is 2. The molecular weight excluding hydrogens is 434 g/mol. The number of hydrogen-bond donors (Lipinski definition) is 6. The molecule has 0 aromatic carbocycles. The van der Waals surface area contributed by atoms with Crippen molar-refractivity contribution in [1.82, 2.24) is 10.6 Å². The van der Waals surface area contributed by atoms with E-state index in [1.54, 1.807) is 0 Å². The van der Waals surface area contributed by atoms with Crippen molar-refractivity contribution in [2.24, 2.45) is 17.2 Å². The van der Waals surface area contributed by atoms with E-state index in [4.69, 9.17) is 22.3 Å². The summed E-state index contributed by atoms with van der Waals surface area (Å²) in [6.07, 6.45) is 10.9. The molecule has 0 aliphatic carbocycles. The van der Waals surface area contributed by atoms with Gasteiger partial charge >= 0.3 is 5.97 Å². The standard InChI is InChI=1S/C25H51N5O4/c26-16-7-4-11-21(23(31)13-2-1-3-15-25(33)34)29-19-9-6-14-24(32)22(12-5-8-17-27)30-20-10-18-28/h21-22,29-30H,1-20,26-28H2,(H,33,34)/t21-,22-/m0/s1. The molecule has 0 rings (SSSR count). The lowest BCUT2D eigenvalue weighted by Crippen LogP contribution is -2.38. The lowest BCUT2D eigenvalue weighted by molar-refractivity contribution is -0.137. The molecule has 0 heterocycles. The molecule has 0 fully saturated rings. The third-order valence-corrected chi connectivity index (χ3v) is 6.00. The lowest BCUT2D eigenvalue weighted by atomic mass is 9.99.